The van der Waals surface area contributed by atoms with Gasteiger partial charge in [-0.25, -0.2) is 0 Å². The molecule has 0 bridgehead atoms. The van der Waals surface area contributed by atoms with Crippen molar-refractivity contribution in [3.63, 3.8) is 0 Å². The smallest absolute Gasteiger partial charge is 0.0541 e. The second-order valence-corrected chi connectivity index (χ2v) is 23.8. The van der Waals surface area contributed by atoms with E-state index >= 15 is 0 Å². The maximum Gasteiger partial charge on any atom is 0.0541 e. The number of fused-ring (bicyclic) bond motifs is 18. The minimum Gasteiger partial charge on any atom is -0.310 e. The van der Waals surface area contributed by atoms with Crippen molar-refractivity contribution in [2.24, 2.45) is 5.92 Å². The highest BCUT2D eigenvalue weighted by molar-refractivity contribution is 6.13. The first-order valence-electron chi connectivity index (χ1n) is 29.8. The summed E-state index contributed by atoms with van der Waals surface area (Å²) >= 11 is 0. The van der Waals surface area contributed by atoms with Gasteiger partial charge >= 0.3 is 0 Å². The number of benzene rings is 11. The van der Waals surface area contributed by atoms with Crippen molar-refractivity contribution in [1.29, 1.82) is 0 Å². The van der Waals surface area contributed by atoms with Crippen LogP contribution in [0.2, 0.25) is 0 Å². The molecule has 3 aliphatic carbocycles. The standard InChI is InChI=1S/C79H58N4/c1-3-78(66-45-50(80-70-29-13-5-21-58(70)59-22-6-14-30-71(59)80)37-41-54(66)55-42-38-51(46-67(55)78)81-72-31-15-7-23-60(72)61-24-8-16-32-73(61)81)49-79(4-2)68-47-52(82-74-33-17-9-25-62(74)63-26-10-18-34-75(63)82)39-43-56(68)57-44-40-53(48-69(57)79)83-76-35-19-11-27-64(76)65-28-12-20-36-77(65)83/h5-48,54,66H,3-4,49H2,1-2H3. The van der Waals surface area contributed by atoms with E-state index < -0.39 is 5.41 Å². The van der Waals surface area contributed by atoms with E-state index in [1.807, 2.05) is 0 Å². The highest BCUT2D eigenvalue weighted by Gasteiger charge is 2.56. The monoisotopic (exact) mass is 1060 g/mol. The van der Waals surface area contributed by atoms with Crippen LogP contribution in [0.4, 0.5) is 0 Å². The molecule has 0 radical (unpaired) electrons. The lowest BCUT2D eigenvalue weighted by molar-refractivity contribution is 0.237. The third-order valence-corrected chi connectivity index (χ3v) is 20.3. The minimum atomic E-state index is -0.415. The quantitative estimate of drug-likeness (QED) is 0.145. The number of hydrogen-bond acceptors (Lipinski definition) is 0. The molecule has 0 fully saturated rings. The minimum absolute atomic E-state index is 0.146. The van der Waals surface area contributed by atoms with Crippen LogP contribution < -0.4 is 0 Å². The SMILES string of the molecule is CCC1(CC2(CC)c3cc(-n4c5ccccc5c5ccccc54)ccc3C3C=CC(n4c5ccccc5c5ccccc54)=CC32)c2cc(-n3c4ccccc4c4ccccc43)ccc2-c2ccc(-n3c4ccccc4c4ccccc43)cc21. The van der Waals surface area contributed by atoms with Crippen LogP contribution >= 0.6 is 0 Å². The zero-order valence-corrected chi connectivity index (χ0v) is 46.5. The number of allylic oxidation sites excluding steroid dienone is 4. The van der Waals surface area contributed by atoms with Crippen LogP contribution in [0.15, 0.2) is 267 Å². The van der Waals surface area contributed by atoms with Crippen LogP contribution in [0.3, 0.4) is 0 Å². The fraction of sp³-hybridized carbons (Fsp3) is 0.114. The molecule has 394 valence electrons. The van der Waals surface area contributed by atoms with Crippen molar-refractivity contribution in [3.8, 4) is 28.2 Å². The molecular weight excluding hydrogens is 1000 g/mol. The van der Waals surface area contributed by atoms with E-state index in [-0.39, 0.29) is 17.3 Å². The van der Waals surface area contributed by atoms with E-state index in [9.17, 15) is 0 Å². The van der Waals surface area contributed by atoms with Crippen molar-refractivity contribution in [3.05, 3.63) is 289 Å². The van der Waals surface area contributed by atoms with Crippen LogP contribution in [-0.2, 0) is 10.8 Å². The van der Waals surface area contributed by atoms with Gasteiger partial charge in [-0.2, -0.15) is 0 Å². The Labute approximate surface area is 481 Å². The zero-order chi connectivity index (χ0) is 54.7. The van der Waals surface area contributed by atoms with Gasteiger partial charge in [0.2, 0.25) is 0 Å². The van der Waals surface area contributed by atoms with Gasteiger partial charge in [-0.15, -0.1) is 0 Å². The molecule has 83 heavy (non-hydrogen) atoms. The van der Waals surface area contributed by atoms with Crippen molar-refractivity contribution < 1.29 is 0 Å². The first-order chi connectivity index (χ1) is 41.0. The molecule has 0 spiro atoms. The summed E-state index contributed by atoms with van der Waals surface area (Å²) in [5.74, 6) is 0.323. The molecule has 4 aromatic heterocycles. The molecule has 15 aromatic rings. The third kappa shape index (κ3) is 6.25. The molecule has 4 heterocycles. The average Bonchev–Trinajstić information content (AvgIpc) is 3.59. The summed E-state index contributed by atoms with van der Waals surface area (Å²) in [4.78, 5) is 0. The van der Waals surface area contributed by atoms with E-state index in [1.165, 1.54) is 143 Å². The van der Waals surface area contributed by atoms with Crippen LogP contribution in [-0.4, -0.2) is 18.3 Å². The number of aromatic nitrogens is 4. The predicted octanol–water partition coefficient (Wildman–Crippen LogP) is 20.3. The van der Waals surface area contributed by atoms with Crippen LogP contribution in [0.1, 0.15) is 61.3 Å². The Balaban J connectivity index is 0.918. The van der Waals surface area contributed by atoms with Gasteiger partial charge in [0.15, 0.2) is 0 Å². The molecule has 11 aromatic carbocycles. The predicted molar refractivity (Wildman–Crippen MR) is 348 cm³/mol. The molecule has 18 rings (SSSR count). The van der Waals surface area contributed by atoms with Crippen molar-refractivity contribution in [2.45, 2.75) is 49.9 Å². The van der Waals surface area contributed by atoms with E-state index in [0.29, 0.717) is 0 Å². The first-order valence-corrected chi connectivity index (χ1v) is 29.8. The Morgan fingerprint density at radius 3 is 1.01 bits per heavy atom. The van der Waals surface area contributed by atoms with Gasteiger partial charge in [0.05, 0.1) is 44.1 Å². The van der Waals surface area contributed by atoms with E-state index in [1.54, 1.807) is 0 Å². The van der Waals surface area contributed by atoms with Gasteiger partial charge in [-0.3, -0.25) is 0 Å². The molecule has 3 atom stereocenters. The first kappa shape index (κ1) is 46.8. The summed E-state index contributed by atoms with van der Waals surface area (Å²) < 4.78 is 10.1. The number of nitrogens with zero attached hydrogens (tertiary/aromatic N) is 4. The highest BCUT2D eigenvalue weighted by atomic mass is 15.0. The molecule has 4 nitrogen and oxygen atoms in total. The van der Waals surface area contributed by atoms with Crippen LogP contribution in [0.25, 0.3) is 121 Å². The molecule has 0 saturated carbocycles. The molecule has 4 heteroatoms. The number of para-hydroxylation sites is 8. The van der Waals surface area contributed by atoms with Gasteiger partial charge in [0.25, 0.3) is 0 Å². The van der Waals surface area contributed by atoms with Gasteiger partial charge in [-0.05, 0) is 150 Å². The Hall–Kier alpha value is -9.90. The van der Waals surface area contributed by atoms with Gasteiger partial charge in [0, 0.05) is 82.6 Å². The van der Waals surface area contributed by atoms with Crippen molar-refractivity contribution in [1.82, 2.24) is 18.3 Å². The van der Waals surface area contributed by atoms with E-state index in [4.69, 9.17) is 0 Å². The lowest BCUT2D eigenvalue weighted by Crippen LogP contribution is -2.41. The maximum absolute atomic E-state index is 2.72. The van der Waals surface area contributed by atoms with E-state index in [0.717, 1.165) is 19.3 Å². The van der Waals surface area contributed by atoms with Crippen LogP contribution in [0.5, 0.6) is 0 Å². The number of hydrogen-bond donors (Lipinski definition) is 0. The normalized spacial score (nSPS) is 17.8. The Morgan fingerprint density at radius 1 is 0.337 bits per heavy atom. The summed E-state index contributed by atoms with van der Waals surface area (Å²) in [5, 5.41) is 10.2. The third-order valence-electron chi connectivity index (χ3n) is 20.3. The maximum atomic E-state index is 2.72. The molecule has 0 aliphatic heterocycles. The molecular formula is C79H58N4. The topological polar surface area (TPSA) is 19.7 Å². The molecule has 0 saturated heterocycles. The Kier molecular flexibility index (Phi) is 9.76. The second-order valence-electron chi connectivity index (χ2n) is 23.8. The summed E-state index contributed by atoms with van der Waals surface area (Å²) in [5.41, 5.74) is 22.4. The van der Waals surface area contributed by atoms with Crippen molar-refractivity contribution in [2.75, 3.05) is 0 Å². The van der Waals surface area contributed by atoms with Crippen LogP contribution in [0, 0.1) is 5.92 Å². The van der Waals surface area contributed by atoms with Crippen molar-refractivity contribution >= 4 is 92.9 Å². The Morgan fingerprint density at radius 2 is 0.663 bits per heavy atom. The average molecular weight is 1060 g/mol. The summed E-state index contributed by atoms with van der Waals surface area (Å²) in [6.45, 7) is 5.00. The molecule has 3 aliphatic rings. The lowest BCUT2D eigenvalue weighted by Gasteiger charge is -2.45. The molecule has 3 unspecified atom stereocenters. The lowest BCUT2D eigenvalue weighted by atomic mass is 9.58. The molecule has 0 N–H and O–H groups in total. The second kappa shape index (κ2) is 17.3. The number of rotatable bonds is 8. The highest BCUT2D eigenvalue weighted by Crippen LogP contribution is 2.65. The fourth-order valence-corrected chi connectivity index (χ4v) is 16.8. The summed E-state index contributed by atoms with van der Waals surface area (Å²) in [7, 11) is 0. The fourth-order valence-electron chi connectivity index (χ4n) is 16.8. The summed E-state index contributed by atoms with van der Waals surface area (Å²) in [6.07, 6.45) is 10.5. The zero-order valence-electron chi connectivity index (χ0n) is 46.5. The Bertz CT molecular complexity index is 4940. The van der Waals surface area contributed by atoms with E-state index in [2.05, 4.69) is 299 Å². The van der Waals surface area contributed by atoms with Gasteiger partial charge in [-0.1, -0.05) is 190 Å². The molecule has 0 amide bonds. The largest absolute Gasteiger partial charge is 0.310 e. The summed E-state index contributed by atoms with van der Waals surface area (Å²) in [6, 6.07) is 94.4. The van der Waals surface area contributed by atoms with Gasteiger partial charge < -0.3 is 18.3 Å². The van der Waals surface area contributed by atoms with Gasteiger partial charge in [0.1, 0.15) is 0 Å².